The predicted molar refractivity (Wildman–Crippen MR) is 67.7 cm³/mol. The van der Waals surface area contributed by atoms with Crippen LogP contribution in [0.3, 0.4) is 0 Å². The molecule has 0 bridgehead atoms. The van der Waals surface area contributed by atoms with Crippen LogP contribution < -0.4 is 0 Å². The Kier molecular flexibility index (Phi) is 3.77. The molecule has 0 unspecified atom stereocenters. The molecule has 5 heteroatoms. The SMILES string of the molecule is C[S+](C)(=O)c1c(Br)cc(Br)cc1Br. The van der Waals surface area contributed by atoms with E-state index in [1.165, 1.54) is 0 Å². The van der Waals surface area contributed by atoms with E-state index in [-0.39, 0.29) is 0 Å². The molecule has 0 aliphatic carbocycles. The van der Waals surface area contributed by atoms with E-state index >= 15 is 0 Å². The highest BCUT2D eigenvalue weighted by Gasteiger charge is 2.25. The van der Waals surface area contributed by atoms with Crippen LogP contribution in [0.25, 0.3) is 0 Å². The second kappa shape index (κ2) is 4.13. The third-order valence-electron chi connectivity index (χ3n) is 1.45. The van der Waals surface area contributed by atoms with Gasteiger partial charge in [-0.15, -0.1) is 4.21 Å². The number of benzene rings is 1. The van der Waals surface area contributed by atoms with Gasteiger partial charge in [0.2, 0.25) is 0 Å². The van der Waals surface area contributed by atoms with Gasteiger partial charge in [0.1, 0.15) is 22.4 Å². The molecule has 0 N–H and O–H groups in total. The van der Waals surface area contributed by atoms with E-state index < -0.39 is 9.93 Å². The van der Waals surface area contributed by atoms with E-state index in [1.807, 2.05) is 12.1 Å². The lowest BCUT2D eigenvalue weighted by Gasteiger charge is -2.06. The molecule has 0 spiro atoms. The highest BCUT2D eigenvalue weighted by atomic mass is 79.9. The summed E-state index contributed by atoms with van der Waals surface area (Å²) in [6.45, 7) is 0. The third-order valence-corrected chi connectivity index (χ3v) is 5.11. The van der Waals surface area contributed by atoms with Crippen molar-refractivity contribution in [3.8, 4) is 0 Å². The molecule has 1 aromatic rings. The van der Waals surface area contributed by atoms with Gasteiger partial charge in [-0.3, -0.25) is 0 Å². The van der Waals surface area contributed by atoms with Crippen LogP contribution in [0.15, 0.2) is 30.4 Å². The van der Waals surface area contributed by atoms with Crippen molar-refractivity contribution in [2.75, 3.05) is 12.5 Å². The summed E-state index contributed by atoms with van der Waals surface area (Å²) in [6, 6.07) is 3.79. The summed E-state index contributed by atoms with van der Waals surface area (Å²) < 4.78 is 14.6. The Hall–Kier alpha value is 0.810. The van der Waals surface area contributed by atoms with E-state index in [0.717, 1.165) is 18.3 Å². The molecule has 0 radical (unpaired) electrons. The first-order valence-corrected chi connectivity index (χ1v) is 8.16. The minimum atomic E-state index is -1.95. The lowest BCUT2D eigenvalue weighted by molar-refractivity contribution is 0.590. The minimum absolute atomic E-state index is 0.829. The number of hydrogen-bond donors (Lipinski definition) is 0. The lowest BCUT2D eigenvalue weighted by atomic mass is 10.4. The fourth-order valence-electron chi connectivity index (χ4n) is 0.999. The molecule has 0 saturated heterocycles. The summed E-state index contributed by atoms with van der Waals surface area (Å²) in [7, 11) is -1.95. The van der Waals surface area contributed by atoms with Crippen molar-refractivity contribution >= 4 is 57.7 Å². The average molecular weight is 392 g/mol. The van der Waals surface area contributed by atoms with Crippen molar-refractivity contribution in [2.24, 2.45) is 0 Å². The molecular formula is C8H8Br3OS+. The van der Waals surface area contributed by atoms with E-state index in [9.17, 15) is 4.21 Å². The summed E-state index contributed by atoms with van der Waals surface area (Å²) in [5.74, 6) is 0. The van der Waals surface area contributed by atoms with Gasteiger partial charge in [0.25, 0.3) is 0 Å². The first-order valence-electron chi connectivity index (χ1n) is 3.41. The summed E-state index contributed by atoms with van der Waals surface area (Å²) in [5, 5.41) is 0. The van der Waals surface area contributed by atoms with E-state index in [0.29, 0.717) is 0 Å². The smallest absolute Gasteiger partial charge is 0.100 e. The van der Waals surface area contributed by atoms with Crippen LogP contribution in [0.4, 0.5) is 0 Å². The molecular weight excluding hydrogens is 384 g/mol. The van der Waals surface area contributed by atoms with Crippen LogP contribution in [0.2, 0.25) is 0 Å². The number of halogens is 3. The topological polar surface area (TPSA) is 17.1 Å². The van der Waals surface area contributed by atoms with Crippen molar-refractivity contribution in [3.63, 3.8) is 0 Å². The van der Waals surface area contributed by atoms with Crippen LogP contribution in [-0.2, 0) is 14.1 Å². The Bertz CT molecular complexity index is 360. The van der Waals surface area contributed by atoms with E-state index in [2.05, 4.69) is 47.8 Å². The van der Waals surface area contributed by atoms with Crippen LogP contribution >= 0.6 is 47.8 Å². The predicted octanol–water partition coefficient (Wildman–Crippen LogP) is 4.09. The first-order chi connectivity index (χ1) is 5.82. The second-order valence-electron chi connectivity index (χ2n) is 2.93. The van der Waals surface area contributed by atoms with Crippen LogP contribution in [-0.4, -0.2) is 12.5 Å². The molecule has 1 rings (SSSR count). The molecule has 1 aromatic carbocycles. The maximum absolute atomic E-state index is 11.9. The van der Waals surface area contributed by atoms with Crippen LogP contribution in [0.1, 0.15) is 0 Å². The summed E-state index contributed by atoms with van der Waals surface area (Å²) >= 11 is 10.2. The Balaban J connectivity index is 3.47. The maximum atomic E-state index is 11.9. The highest BCUT2D eigenvalue weighted by Crippen LogP contribution is 2.35. The van der Waals surface area contributed by atoms with Crippen LogP contribution in [0.5, 0.6) is 0 Å². The monoisotopic (exact) mass is 389 g/mol. The second-order valence-corrected chi connectivity index (χ2v) is 8.43. The molecule has 0 saturated carbocycles. The van der Waals surface area contributed by atoms with Gasteiger partial charge in [0.15, 0.2) is 4.90 Å². The number of rotatable bonds is 1. The molecule has 72 valence electrons. The standard InChI is InChI=1S/C8H8Br3OS/c1-13(2,12)8-6(10)3-5(9)4-7(8)11/h3-4H,1-2H3/q+1. The molecule has 0 amide bonds. The van der Waals surface area contributed by atoms with Gasteiger partial charge >= 0.3 is 0 Å². The maximum Gasteiger partial charge on any atom is 0.185 e. The van der Waals surface area contributed by atoms with E-state index in [4.69, 9.17) is 0 Å². The van der Waals surface area contributed by atoms with Gasteiger partial charge in [0.05, 0.1) is 8.95 Å². The normalized spacial score (nSPS) is 11.8. The Morgan fingerprint density at radius 2 is 1.46 bits per heavy atom. The van der Waals surface area contributed by atoms with Gasteiger partial charge in [-0.05, 0) is 44.0 Å². The largest absolute Gasteiger partial charge is 0.185 e. The van der Waals surface area contributed by atoms with Gasteiger partial charge in [-0.25, -0.2) is 0 Å². The highest BCUT2D eigenvalue weighted by molar-refractivity contribution is 9.11. The molecule has 1 nitrogen and oxygen atoms in total. The van der Waals surface area contributed by atoms with Crippen molar-refractivity contribution < 1.29 is 4.21 Å². The minimum Gasteiger partial charge on any atom is -0.100 e. The Morgan fingerprint density at radius 1 is 1.08 bits per heavy atom. The Labute approximate surface area is 104 Å². The molecule has 13 heavy (non-hydrogen) atoms. The molecule has 0 fully saturated rings. The average Bonchev–Trinajstić information content (AvgIpc) is 1.78. The van der Waals surface area contributed by atoms with Gasteiger partial charge < -0.3 is 0 Å². The molecule has 0 atom stereocenters. The van der Waals surface area contributed by atoms with Crippen molar-refractivity contribution in [2.45, 2.75) is 4.90 Å². The number of hydrogen-bond acceptors (Lipinski definition) is 1. The van der Waals surface area contributed by atoms with Crippen molar-refractivity contribution in [1.82, 2.24) is 0 Å². The third kappa shape index (κ3) is 2.88. The Morgan fingerprint density at radius 3 is 1.77 bits per heavy atom. The zero-order valence-electron chi connectivity index (χ0n) is 7.11. The van der Waals surface area contributed by atoms with Gasteiger partial charge in [0, 0.05) is 4.47 Å². The molecule has 0 aliphatic heterocycles. The zero-order valence-corrected chi connectivity index (χ0v) is 12.7. The van der Waals surface area contributed by atoms with Crippen molar-refractivity contribution in [1.29, 1.82) is 0 Å². The van der Waals surface area contributed by atoms with Gasteiger partial charge in [-0.1, -0.05) is 15.9 Å². The van der Waals surface area contributed by atoms with Crippen molar-refractivity contribution in [3.05, 3.63) is 25.6 Å². The molecule has 0 aliphatic rings. The fourth-order valence-corrected chi connectivity index (χ4v) is 6.65. The quantitative estimate of drug-likeness (QED) is 0.659. The van der Waals surface area contributed by atoms with Crippen LogP contribution in [0, 0.1) is 0 Å². The summed E-state index contributed by atoms with van der Waals surface area (Å²) in [6.07, 6.45) is 3.46. The zero-order chi connectivity index (χ0) is 10.2. The summed E-state index contributed by atoms with van der Waals surface area (Å²) in [5.41, 5.74) is 0. The summed E-state index contributed by atoms with van der Waals surface area (Å²) in [4.78, 5) is 0.829. The molecule has 0 heterocycles. The van der Waals surface area contributed by atoms with Gasteiger partial charge in [-0.2, -0.15) is 0 Å². The lowest BCUT2D eigenvalue weighted by Crippen LogP contribution is -2.07. The fraction of sp³-hybridized carbons (Fsp3) is 0.250. The first kappa shape index (κ1) is 11.9. The van der Waals surface area contributed by atoms with E-state index in [1.54, 1.807) is 12.5 Å². The molecule has 0 aromatic heterocycles.